The highest BCUT2D eigenvalue weighted by Gasteiger charge is 2.14. The van der Waals surface area contributed by atoms with Gasteiger partial charge >= 0.3 is 21.1 Å². The summed E-state index contributed by atoms with van der Waals surface area (Å²) in [6, 6.07) is 71.8. The normalized spacial score (nSPS) is 11.7. The number of nitrogens with one attached hydrogen (secondary N) is 2. The number of hydrogen-bond acceptors (Lipinski definition) is 6. The van der Waals surface area contributed by atoms with Crippen LogP contribution in [0.3, 0.4) is 0 Å². The van der Waals surface area contributed by atoms with Crippen LogP contribution in [0.1, 0.15) is 54.2 Å². The molecule has 0 unspecified atom stereocenters. The van der Waals surface area contributed by atoms with Gasteiger partial charge in [0.15, 0.2) is 0 Å². The van der Waals surface area contributed by atoms with E-state index < -0.39 is 21.1 Å². The van der Waals surface area contributed by atoms with Gasteiger partial charge in [0.1, 0.15) is 4.88 Å². The van der Waals surface area contributed by atoms with E-state index >= 15 is 0 Å². The number of carbonyl (C=O) groups is 1. The molecule has 0 saturated carbocycles. The lowest BCUT2D eigenvalue weighted by Gasteiger charge is -2.11. The summed E-state index contributed by atoms with van der Waals surface area (Å²) < 4.78 is 31.5. The van der Waals surface area contributed by atoms with Crippen LogP contribution in [0.15, 0.2) is 223 Å². The number of aryl methyl sites for hydroxylation is 1. The molecule has 0 radical (unpaired) electrons. The van der Waals surface area contributed by atoms with Crippen LogP contribution < -0.4 is 10.6 Å². The van der Waals surface area contributed by atoms with Gasteiger partial charge in [-0.2, -0.15) is 0 Å². The van der Waals surface area contributed by atoms with Crippen molar-refractivity contribution in [2.24, 2.45) is 0 Å². The second-order valence-corrected chi connectivity index (χ2v) is 19.3. The minimum atomic E-state index is -4.54. The van der Waals surface area contributed by atoms with E-state index in [-0.39, 0.29) is 0 Å². The zero-order valence-electron chi connectivity index (χ0n) is 38.8. The van der Waals surface area contributed by atoms with Gasteiger partial charge in [0.25, 0.3) is 0 Å². The molecule has 0 aliphatic rings. The molecule has 0 aliphatic heterocycles. The van der Waals surface area contributed by atoms with Crippen LogP contribution in [0.4, 0.5) is 22.7 Å². The molecule has 11 heteroatoms. The second kappa shape index (κ2) is 23.4. The predicted molar refractivity (Wildman–Crippen MR) is 298 cm³/mol. The van der Waals surface area contributed by atoms with Crippen molar-refractivity contribution in [3.05, 3.63) is 289 Å². The van der Waals surface area contributed by atoms with E-state index in [4.69, 9.17) is 27.8 Å². The standard InChI is InChI=1S/C32H25NO2S.C29H21ClN2O3S/c1-22-7-11-25(12-8-22)29(24-5-3-2-4-6-24)21-23-9-15-27(16-10-23)33-28-17-13-26(14-18-28)30-19-20-31(36-30)32(34)35;1-31-29(36(33,34)35)20-22-9-17-27(18-10-22)32-26-15-7-21(8-16-26)19-28(23-5-3-2-4-6-23)24-11-13-25(30)14-12-24/h2-21,33H,1H3,(H,34,35);2-20,32H,(H,33,34,35)/b29-21+;28-19+,29-20+. The van der Waals surface area contributed by atoms with E-state index in [1.165, 1.54) is 33.6 Å². The van der Waals surface area contributed by atoms with E-state index in [1.807, 2.05) is 103 Å². The fourth-order valence-electron chi connectivity index (χ4n) is 7.55. The van der Waals surface area contributed by atoms with Crippen molar-refractivity contribution >= 4 is 91.1 Å². The Labute approximate surface area is 428 Å². The number of halogens is 1. The Hall–Kier alpha value is -8.56. The summed E-state index contributed by atoms with van der Waals surface area (Å²) in [5, 5.41) is 15.9. The van der Waals surface area contributed by atoms with Crippen LogP contribution >= 0.6 is 22.9 Å². The molecule has 0 spiro atoms. The average molecular weight is 1000 g/mol. The smallest absolute Gasteiger partial charge is 0.345 e. The molecule has 0 amide bonds. The van der Waals surface area contributed by atoms with E-state index in [1.54, 1.807) is 30.3 Å². The van der Waals surface area contributed by atoms with Gasteiger partial charge in [0.2, 0.25) is 0 Å². The Morgan fingerprint density at radius 1 is 0.528 bits per heavy atom. The number of carboxylic acids is 1. The Kier molecular flexibility index (Phi) is 16.2. The number of rotatable bonds is 14. The van der Waals surface area contributed by atoms with Gasteiger partial charge in [-0.3, -0.25) is 4.55 Å². The van der Waals surface area contributed by atoms with E-state index in [0.29, 0.717) is 15.5 Å². The van der Waals surface area contributed by atoms with Gasteiger partial charge in [0.05, 0.1) is 6.57 Å². The zero-order valence-corrected chi connectivity index (χ0v) is 41.2. The molecule has 0 aliphatic carbocycles. The van der Waals surface area contributed by atoms with Crippen LogP contribution in [0.5, 0.6) is 0 Å². The van der Waals surface area contributed by atoms with Gasteiger partial charge in [-0.15, -0.1) is 11.3 Å². The first-order chi connectivity index (χ1) is 34.9. The highest BCUT2D eigenvalue weighted by molar-refractivity contribution is 7.90. The highest BCUT2D eigenvalue weighted by Crippen LogP contribution is 2.32. The molecule has 9 aromatic rings. The van der Waals surface area contributed by atoms with Crippen LogP contribution in [0, 0.1) is 13.5 Å². The molecular weight excluding hydrogens is 954 g/mol. The molecule has 1 heterocycles. The summed E-state index contributed by atoms with van der Waals surface area (Å²) in [5.74, 6) is -0.891. The van der Waals surface area contributed by atoms with Crippen molar-refractivity contribution in [3.8, 4) is 10.4 Å². The second-order valence-electron chi connectivity index (χ2n) is 16.5. The number of nitrogens with zero attached hydrogens (tertiary/aromatic N) is 1. The van der Waals surface area contributed by atoms with Crippen molar-refractivity contribution < 1.29 is 22.9 Å². The van der Waals surface area contributed by atoms with Gasteiger partial charge in [-0.1, -0.05) is 163 Å². The first-order valence-electron chi connectivity index (χ1n) is 22.6. The molecule has 8 nitrogen and oxygen atoms in total. The summed E-state index contributed by atoms with van der Waals surface area (Å²) >= 11 is 7.37. The third-order valence-corrected chi connectivity index (χ3v) is 13.4. The van der Waals surface area contributed by atoms with Crippen molar-refractivity contribution in [1.29, 1.82) is 0 Å². The lowest BCUT2D eigenvalue weighted by molar-refractivity contribution is 0.0702. The van der Waals surface area contributed by atoms with Crippen LogP contribution in [0.25, 0.3) is 44.7 Å². The number of anilines is 4. The quantitative estimate of drug-likeness (QED) is 0.0486. The minimum Gasteiger partial charge on any atom is -0.477 e. The Morgan fingerprint density at radius 2 is 0.917 bits per heavy atom. The largest absolute Gasteiger partial charge is 0.477 e. The molecule has 4 N–H and O–H groups in total. The van der Waals surface area contributed by atoms with E-state index in [0.717, 1.165) is 67.1 Å². The van der Waals surface area contributed by atoms with E-state index in [9.17, 15) is 13.2 Å². The SMILES string of the molecule is Cc1ccc(/C(=C/c2ccc(Nc3ccc(-c4ccc(C(=O)O)s4)cc3)cc2)c2ccccc2)cc1.[C-]#[N+]/C(=C\c1ccc(Nc2ccc(/C=C(\c3ccccc3)c3ccc(Cl)cc3)cc2)cc1)S(=O)(=O)O. The van der Waals surface area contributed by atoms with Crippen molar-refractivity contribution in [3.63, 3.8) is 0 Å². The number of aromatic carboxylic acids is 1. The maximum atomic E-state index is 11.2. The van der Waals surface area contributed by atoms with Crippen molar-refractivity contribution in [2.45, 2.75) is 6.92 Å². The number of benzene rings is 8. The monoisotopic (exact) mass is 999 g/mol. The minimum absolute atomic E-state index is 0.346. The maximum Gasteiger partial charge on any atom is 0.345 e. The number of thiophene rings is 1. The van der Waals surface area contributed by atoms with Crippen LogP contribution in [-0.2, 0) is 10.1 Å². The molecular formula is C61H46ClN3O5S2. The molecule has 8 aromatic carbocycles. The van der Waals surface area contributed by atoms with Crippen LogP contribution in [-0.4, -0.2) is 24.0 Å². The molecule has 9 rings (SSSR count). The lowest BCUT2D eigenvalue weighted by atomic mass is 9.95. The fourth-order valence-corrected chi connectivity index (χ4v) is 8.93. The van der Waals surface area contributed by atoms with Gasteiger partial charge in [-0.25, -0.2) is 18.1 Å². The summed E-state index contributed by atoms with van der Waals surface area (Å²) in [7, 11) is -4.54. The molecule has 354 valence electrons. The third-order valence-electron chi connectivity index (χ3n) is 11.3. The molecule has 0 saturated heterocycles. The van der Waals surface area contributed by atoms with Crippen molar-refractivity contribution in [1.82, 2.24) is 0 Å². The first kappa shape index (κ1) is 49.8. The van der Waals surface area contributed by atoms with Gasteiger partial charge in [0, 0.05) is 32.6 Å². The maximum absolute atomic E-state index is 11.2. The molecule has 0 bridgehead atoms. The van der Waals surface area contributed by atoms with Crippen molar-refractivity contribution in [2.75, 3.05) is 10.6 Å². The third kappa shape index (κ3) is 13.6. The highest BCUT2D eigenvalue weighted by atomic mass is 35.5. The Balaban J connectivity index is 0.000000193. The first-order valence-corrected chi connectivity index (χ1v) is 25.2. The number of carboxylic acid groups (broad SMARTS) is 1. The summed E-state index contributed by atoms with van der Waals surface area (Å²) in [6.07, 6.45) is 5.48. The van der Waals surface area contributed by atoms with Crippen LogP contribution in [0.2, 0.25) is 5.02 Å². The molecule has 72 heavy (non-hydrogen) atoms. The average Bonchev–Trinajstić information content (AvgIpc) is 3.91. The van der Waals surface area contributed by atoms with E-state index in [2.05, 4.69) is 119 Å². The molecule has 0 fully saturated rings. The lowest BCUT2D eigenvalue weighted by Crippen LogP contribution is -1.97. The number of hydrogen-bond donors (Lipinski definition) is 4. The summed E-state index contributed by atoms with van der Waals surface area (Å²) in [5.41, 5.74) is 15.4. The predicted octanol–water partition coefficient (Wildman–Crippen LogP) is 16.5. The summed E-state index contributed by atoms with van der Waals surface area (Å²) in [4.78, 5) is 15.3. The summed E-state index contributed by atoms with van der Waals surface area (Å²) in [6.45, 7) is 9.02. The fraction of sp³-hybridized carbons (Fsp3) is 0.0164. The Morgan fingerprint density at radius 3 is 1.31 bits per heavy atom. The molecule has 0 atom stereocenters. The Bertz CT molecular complexity index is 3530. The topological polar surface area (TPSA) is 120 Å². The molecule has 1 aromatic heterocycles. The van der Waals surface area contributed by atoms with Gasteiger partial charge < -0.3 is 15.7 Å². The zero-order chi connectivity index (χ0) is 50.5. The van der Waals surface area contributed by atoms with Gasteiger partial charge in [-0.05, 0) is 154 Å².